The fourth-order valence-electron chi connectivity index (χ4n) is 2.80. The first-order valence-electron chi connectivity index (χ1n) is 7.90. The summed E-state index contributed by atoms with van der Waals surface area (Å²) in [6.45, 7) is 14.6. The van der Waals surface area contributed by atoms with Gasteiger partial charge in [0.1, 0.15) is 5.54 Å². The quantitative estimate of drug-likeness (QED) is 0.754. The lowest BCUT2D eigenvalue weighted by Crippen LogP contribution is -2.51. The molecule has 0 aromatic rings. The number of aliphatic carboxylic acids is 1. The number of carbonyl (C=O) groups is 1. The normalized spacial score (nSPS) is 23.8. The van der Waals surface area contributed by atoms with Crippen molar-refractivity contribution >= 4 is 5.97 Å². The lowest BCUT2D eigenvalue weighted by atomic mass is 9.80. The maximum Gasteiger partial charge on any atom is 0.323 e. The molecule has 0 amide bonds. The second-order valence-corrected chi connectivity index (χ2v) is 7.47. The van der Waals surface area contributed by atoms with E-state index in [1.807, 2.05) is 6.92 Å². The van der Waals surface area contributed by atoms with Crippen LogP contribution >= 0.6 is 0 Å². The van der Waals surface area contributed by atoms with Gasteiger partial charge in [0.05, 0.1) is 0 Å². The van der Waals surface area contributed by atoms with E-state index in [0.717, 1.165) is 38.5 Å². The largest absolute Gasteiger partial charge is 0.480 e. The van der Waals surface area contributed by atoms with Crippen molar-refractivity contribution in [1.82, 2.24) is 10.2 Å². The minimum Gasteiger partial charge on any atom is -0.480 e. The van der Waals surface area contributed by atoms with Gasteiger partial charge in [-0.15, -0.1) is 0 Å². The van der Waals surface area contributed by atoms with Gasteiger partial charge in [0.2, 0.25) is 0 Å². The monoisotopic (exact) mass is 284 g/mol. The zero-order chi connectivity index (χ0) is 15.4. The van der Waals surface area contributed by atoms with Crippen molar-refractivity contribution in [2.45, 2.75) is 59.4 Å². The Morgan fingerprint density at radius 3 is 2.45 bits per heavy atom. The fourth-order valence-corrected chi connectivity index (χ4v) is 2.80. The van der Waals surface area contributed by atoms with Crippen molar-refractivity contribution in [1.29, 1.82) is 0 Å². The van der Waals surface area contributed by atoms with E-state index < -0.39 is 11.5 Å². The highest BCUT2D eigenvalue weighted by molar-refractivity contribution is 5.78. The molecule has 0 aliphatic carbocycles. The van der Waals surface area contributed by atoms with E-state index in [0.29, 0.717) is 11.8 Å². The van der Waals surface area contributed by atoms with Gasteiger partial charge in [-0.1, -0.05) is 27.7 Å². The highest BCUT2D eigenvalue weighted by Gasteiger charge is 2.35. The van der Waals surface area contributed by atoms with Gasteiger partial charge >= 0.3 is 5.97 Å². The van der Waals surface area contributed by atoms with Crippen LogP contribution in [0.25, 0.3) is 0 Å². The first kappa shape index (κ1) is 17.4. The Morgan fingerprint density at radius 2 is 2.00 bits per heavy atom. The van der Waals surface area contributed by atoms with Gasteiger partial charge in [-0.25, -0.2) is 0 Å². The minimum atomic E-state index is -0.796. The molecule has 20 heavy (non-hydrogen) atoms. The smallest absolute Gasteiger partial charge is 0.323 e. The molecule has 0 aromatic heterocycles. The number of nitrogens with zero attached hydrogens (tertiary/aromatic N) is 1. The molecule has 0 spiro atoms. The number of hydrogen-bond acceptors (Lipinski definition) is 3. The third-order valence-electron chi connectivity index (χ3n) is 4.66. The van der Waals surface area contributed by atoms with E-state index >= 15 is 0 Å². The van der Waals surface area contributed by atoms with Crippen LogP contribution in [0.4, 0.5) is 0 Å². The summed E-state index contributed by atoms with van der Waals surface area (Å²) in [5, 5.41) is 12.6. The second kappa shape index (κ2) is 6.90. The van der Waals surface area contributed by atoms with Crippen molar-refractivity contribution in [3.63, 3.8) is 0 Å². The first-order valence-corrected chi connectivity index (χ1v) is 7.90. The zero-order valence-corrected chi connectivity index (χ0v) is 13.8. The highest BCUT2D eigenvalue weighted by Crippen LogP contribution is 2.33. The highest BCUT2D eigenvalue weighted by atomic mass is 16.4. The third-order valence-corrected chi connectivity index (χ3v) is 4.66. The number of nitrogens with one attached hydrogen (secondary N) is 1. The molecule has 1 aliphatic rings. The molecule has 1 heterocycles. The molecule has 4 heteroatoms. The first-order chi connectivity index (χ1) is 9.19. The molecule has 2 N–H and O–H groups in total. The van der Waals surface area contributed by atoms with Crippen molar-refractivity contribution < 1.29 is 9.90 Å². The van der Waals surface area contributed by atoms with Crippen molar-refractivity contribution in [3.05, 3.63) is 0 Å². The molecule has 2 atom stereocenters. The maximum atomic E-state index is 11.5. The predicted molar refractivity (Wildman–Crippen MR) is 83.0 cm³/mol. The van der Waals surface area contributed by atoms with Gasteiger partial charge < -0.3 is 15.3 Å². The molecule has 0 saturated carbocycles. The molecule has 0 bridgehead atoms. The van der Waals surface area contributed by atoms with Gasteiger partial charge in [0, 0.05) is 13.1 Å². The van der Waals surface area contributed by atoms with Gasteiger partial charge in [0.25, 0.3) is 0 Å². The summed E-state index contributed by atoms with van der Waals surface area (Å²) >= 11 is 0. The van der Waals surface area contributed by atoms with Gasteiger partial charge in [-0.2, -0.15) is 0 Å². The average molecular weight is 284 g/mol. The van der Waals surface area contributed by atoms with Gasteiger partial charge in [0.15, 0.2) is 0 Å². The summed E-state index contributed by atoms with van der Waals surface area (Å²) in [6.07, 6.45) is 2.85. The number of carboxylic acid groups (broad SMARTS) is 1. The molecular weight excluding hydrogens is 252 g/mol. The molecule has 1 rings (SSSR count). The van der Waals surface area contributed by atoms with Crippen LogP contribution in [0.2, 0.25) is 0 Å². The Labute approximate surface area is 123 Å². The van der Waals surface area contributed by atoms with Crippen LogP contribution < -0.4 is 5.32 Å². The Balaban J connectivity index is 2.47. The van der Waals surface area contributed by atoms with Crippen molar-refractivity contribution in [2.24, 2.45) is 11.3 Å². The Bertz CT molecular complexity index is 325. The van der Waals surface area contributed by atoms with Gasteiger partial charge in [-0.05, 0) is 50.6 Å². The van der Waals surface area contributed by atoms with Crippen LogP contribution in [-0.2, 0) is 4.79 Å². The predicted octanol–water partition coefficient (Wildman–Crippen LogP) is 2.59. The minimum absolute atomic E-state index is 0.352. The number of hydrogen-bond donors (Lipinski definition) is 2. The van der Waals surface area contributed by atoms with Crippen LogP contribution in [0.5, 0.6) is 0 Å². The average Bonchev–Trinajstić information content (AvgIpc) is 2.82. The molecular formula is C16H32N2O2. The summed E-state index contributed by atoms with van der Waals surface area (Å²) in [4.78, 5) is 13.9. The van der Waals surface area contributed by atoms with E-state index in [2.05, 4.69) is 37.9 Å². The zero-order valence-electron chi connectivity index (χ0n) is 13.8. The Hall–Kier alpha value is -0.610. The van der Waals surface area contributed by atoms with E-state index in [-0.39, 0.29) is 0 Å². The number of likely N-dealkylation sites (tertiary alicyclic amines) is 1. The van der Waals surface area contributed by atoms with Crippen molar-refractivity contribution in [3.8, 4) is 0 Å². The van der Waals surface area contributed by atoms with E-state index in [1.54, 1.807) is 0 Å². The fraction of sp³-hybridized carbons (Fsp3) is 0.938. The van der Waals surface area contributed by atoms with Crippen LogP contribution in [-0.4, -0.2) is 47.7 Å². The van der Waals surface area contributed by atoms with Crippen molar-refractivity contribution in [2.75, 3.05) is 26.2 Å². The molecule has 0 radical (unpaired) electrons. The van der Waals surface area contributed by atoms with Crippen LogP contribution in [0.1, 0.15) is 53.9 Å². The maximum absolute atomic E-state index is 11.5. The third kappa shape index (κ3) is 4.74. The van der Waals surface area contributed by atoms with Crippen LogP contribution in [0, 0.1) is 11.3 Å². The molecule has 0 aromatic carbocycles. The lowest BCUT2D eigenvalue weighted by molar-refractivity contribution is -0.144. The summed E-state index contributed by atoms with van der Waals surface area (Å²) in [7, 11) is 0. The number of carboxylic acids is 1. The summed E-state index contributed by atoms with van der Waals surface area (Å²) in [5.41, 5.74) is -0.443. The second-order valence-electron chi connectivity index (χ2n) is 7.47. The summed E-state index contributed by atoms with van der Waals surface area (Å²) in [5.74, 6) is -0.0142. The van der Waals surface area contributed by atoms with Crippen LogP contribution in [0.15, 0.2) is 0 Å². The van der Waals surface area contributed by atoms with E-state index in [1.165, 1.54) is 6.42 Å². The number of rotatable bonds is 7. The molecule has 118 valence electrons. The molecule has 1 aliphatic heterocycles. The Morgan fingerprint density at radius 1 is 1.35 bits per heavy atom. The van der Waals surface area contributed by atoms with Gasteiger partial charge in [-0.3, -0.25) is 4.79 Å². The molecule has 2 unspecified atom stereocenters. The molecule has 4 nitrogen and oxygen atoms in total. The Kier molecular flexibility index (Phi) is 6.02. The molecule has 1 fully saturated rings. The molecule has 1 saturated heterocycles. The standard InChI is InChI=1S/C16H32N2O2/c1-6-9-17-16(5,14(19)20)8-11-18-10-7-13(12-18)15(2,3)4/h13,17H,6-12H2,1-5H3,(H,19,20). The topological polar surface area (TPSA) is 52.6 Å². The summed E-state index contributed by atoms with van der Waals surface area (Å²) in [6, 6.07) is 0. The lowest BCUT2D eigenvalue weighted by Gasteiger charge is -2.30. The SMILES string of the molecule is CCCNC(C)(CCN1CCC(C(C)(C)C)C1)C(=O)O. The van der Waals surface area contributed by atoms with E-state index in [9.17, 15) is 9.90 Å². The van der Waals surface area contributed by atoms with E-state index in [4.69, 9.17) is 0 Å². The summed E-state index contributed by atoms with van der Waals surface area (Å²) < 4.78 is 0. The van der Waals surface area contributed by atoms with Crippen LogP contribution in [0.3, 0.4) is 0 Å².